The van der Waals surface area contributed by atoms with Crippen molar-refractivity contribution in [3.63, 3.8) is 0 Å². The highest BCUT2D eigenvalue weighted by molar-refractivity contribution is 7.80. The van der Waals surface area contributed by atoms with Crippen molar-refractivity contribution < 1.29 is 14.7 Å². The second-order valence-electron chi connectivity index (χ2n) is 7.81. The Hall–Kier alpha value is -3.57. The van der Waals surface area contributed by atoms with Crippen LogP contribution in [0.2, 0.25) is 0 Å². The predicted molar refractivity (Wildman–Crippen MR) is 135 cm³/mol. The number of benzene rings is 1. The normalized spacial score (nSPS) is 13.2. The molecule has 5 N–H and O–H groups in total. The van der Waals surface area contributed by atoms with E-state index in [0.717, 1.165) is 25.2 Å². The lowest BCUT2D eigenvalue weighted by Gasteiger charge is -2.16. The van der Waals surface area contributed by atoms with Gasteiger partial charge in [0, 0.05) is 18.7 Å². The van der Waals surface area contributed by atoms with Gasteiger partial charge in [-0.05, 0) is 62.3 Å². The van der Waals surface area contributed by atoms with Crippen LogP contribution < -0.4 is 21.3 Å². The molecule has 0 unspecified atom stereocenters. The largest absolute Gasteiger partial charge is 0.508 e. The van der Waals surface area contributed by atoms with E-state index in [-0.39, 0.29) is 34.3 Å². The Balaban J connectivity index is 1.45. The van der Waals surface area contributed by atoms with E-state index >= 15 is 0 Å². The molecule has 11 heteroatoms. The summed E-state index contributed by atoms with van der Waals surface area (Å²) in [5, 5.41) is 20.8. The van der Waals surface area contributed by atoms with Crippen LogP contribution >= 0.6 is 12.2 Å². The molecule has 1 aliphatic rings. The van der Waals surface area contributed by atoms with Crippen molar-refractivity contribution in [3.8, 4) is 5.75 Å². The van der Waals surface area contributed by atoms with Crippen LogP contribution in [0.5, 0.6) is 5.75 Å². The number of rotatable bonds is 9. The fourth-order valence-corrected chi connectivity index (χ4v) is 3.72. The molecule has 2 heterocycles. The monoisotopic (exact) mass is 483 g/mol. The SMILES string of the molecule is C=C(NC(=S)Nc1ncc(NC(=O)c2cc(O)ccc2CC)cn1)C(=O)NCCN1CCCC1. The first kappa shape index (κ1) is 25.1. The zero-order valence-corrected chi connectivity index (χ0v) is 19.9. The minimum absolute atomic E-state index is 0.0148. The molecule has 34 heavy (non-hydrogen) atoms. The van der Waals surface area contributed by atoms with E-state index in [2.05, 4.69) is 42.7 Å². The van der Waals surface area contributed by atoms with Crippen molar-refractivity contribution in [2.75, 3.05) is 36.8 Å². The maximum atomic E-state index is 12.6. The molecule has 0 bridgehead atoms. The third-order valence-corrected chi connectivity index (χ3v) is 5.51. The Labute approximate surface area is 203 Å². The number of nitrogens with zero attached hydrogens (tertiary/aromatic N) is 3. The summed E-state index contributed by atoms with van der Waals surface area (Å²) in [5.74, 6) is -0.507. The zero-order chi connectivity index (χ0) is 24.5. The number of amides is 2. The van der Waals surface area contributed by atoms with Crippen molar-refractivity contribution in [3.05, 3.63) is 54.0 Å². The fourth-order valence-electron chi connectivity index (χ4n) is 3.51. The van der Waals surface area contributed by atoms with Gasteiger partial charge >= 0.3 is 0 Å². The first-order chi connectivity index (χ1) is 16.4. The average molecular weight is 484 g/mol. The molecule has 1 aliphatic heterocycles. The Morgan fingerprint density at radius 3 is 2.56 bits per heavy atom. The molecule has 1 aromatic heterocycles. The van der Waals surface area contributed by atoms with Crippen LogP contribution in [-0.2, 0) is 11.2 Å². The van der Waals surface area contributed by atoms with E-state index in [1.807, 2.05) is 6.92 Å². The number of carbonyl (C=O) groups excluding carboxylic acids is 2. The first-order valence-corrected chi connectivity index (χ1v) is 11.5. The molecule has 180 valence electrons. The van der Waals surface area contributed by atoms with E-state index in [9.17, 15) is 14.7 Å². The minimum atomic E-state index is -0.374. The number of thiocarbonyl (C=S) groups is 1. The maximum Gasteiger partial charge on any atom is 0.267 e. The third kappa shape index (κ3) is 7.22. The molecule has 10 nitrogen and oxygen atoms in total. The van der Waals surface area contributed by atoms with Crippen LogP contribution in [0.15, 0.2) is 42.9 Å². The molecule has 1 saturated heterocycles. The van der Waals surface area contributed by atoms with Crippen LogP contribution in [0.3, 0.4) is 0 Å². The van der Waals surface area contributed by atoms with Gasteiger partial charge in [0.25, 0.3) is 11.8 Å². The van der Waals surface area contributed by atoms with Crippen molar-refractivity contribution in [1.82, 2.24) is 25.5 Å². The van der Waals surface area contributed by atoms with Gasteiger partial charge in [0.05, 0.1) is 23.8 Å². The summed E-state index contributed by atoms with van der Waals surface area (Å²) in [6.45, 7) is 9.13. The third-order valence-electron chi connectivity index (χ3n) is 5.30. The van der Waals surface area contributed by atoms with Gasteiger partial charge in [-0.3, -0.25) is 9.59 Å². The standard InChI is InChI=1S/C23H29N7O3S/c1-3-16-6-7-18(31)12-19(16)21(33)28-17-13-25-22(26-14-17)29-23(34)27-15(2)20(32)24-8-11-30-9-4-5-10-30/h6-7,12-14,31H,2-5,8-11H2,1H3,(H,24,32)(H,28,33)(H2,25,26,27,29,34). The quantitative estimate of drug-likeness (QED) is 0.268. The molecule has 0 spiro atoms. The van der Waals surface area contributed by atoms with E-state index < -0.39 is 0 Å². The lowest BCUT2D eigenvalue weighted by Crippen LogP contribution is -2.39. The summed E-state index contributed by atoms with van der Waals surface area (Å²) in [6, 6.07) is 4.68. The van der Waals surface area contributed by atoms with Gasteiger partial charge in [-0.15, -0.1) is 0 Å². The van der Waals surface area contributed by atoms with Gasteiger partial charge in [0.1, 0.15) is 5.75 Å². The number of anilines is 2. The fraction of sp³-hybridized carbons (Fsp3) is 0.348. The molecule has 1 aromatic carbocycles. The van der Waals surface area contributed by atoms with Gasteiger partial charge in [-0.1, -0.05) is 19.6 Å². The highest BCUT2D eigenvalue weighted by Crippen LogP contribution is 2.19. The van der Waals surface area contributed by atoms with Crippen LogP contribution in [0, 0.1) is 0 Å². The number of hydrogen-bond acceptors (Lipinski definition) is 7. The van der Waals surface area contributed by atoms with E-state index in [0.29, 0.717) is 24.2 Å². The average Bonchev–Trinajstić information content (AvgIpc) is 3.33. The number of aromatic hydroxyl groups is 1. The molecular weight excluding hydrogens is 454 g/mol. The molecular formula is C23H29N7O3S. The Morgan fingerprint density at radius 2 is 1.88 bits per heavy atom. The van der Waals surface area contributed by atoms with Gasteiger partial charge in [-0.25, -0.2) is 9.97 Å². The number of carbonyl (C=O) groups is 2. The number of aromatic nitrogens is 2. The van der Waals surface area contributed by atoms with Crippen molar-refractivity contribution in [2.45, 2.75) is 26.2 Å². The lowest BCUT2D eigenvalue weighted by molar-refractivity contribution is -0.117. The second kappa shape index (κ2) is 12.1. The molecule has 0 radical (unpaired) electrons. The topological polar surface area (TPSA) is 132 Å². The highest BCUT2D eigenvalue weighted by Gasteiger charge is 2.14. The summed E-state index contributed by atoms with van der Waals surface area (Å²) in [4.78, 5) is 35.3. The smallest absolute Gasteiger partial charge is 0.267 e. The summed E-state index contributed by atoms with van der Waals surface area (Å²) in [5.41, 5.74) is 1.68. The first-order valence-electron chi connectivity index (χ1n) is 11.1. The van der Waals surface area contributed by atoms with Gasteiger partial charge in [0.2, 0.25) is 5.95 Å². The van der Waals surface area contributed by atoms with Crippen LogP contribution in [-0.4, -0.2) is 63.1 Å². The van der Waals surface area contributed by atoms with Crippen molar-refractivity contribution in [1.29, 1.82) is 0 Å². The lowest BCUT2D eigenvalue weighted by atomic mass is 10.0. The molecule has 2 aromatic rings. The molecule has 1 fully saturated rings. The van der Waals surface area contributed by atoms with E-state index in [1.54, 1.807) is 12.1 Å². The number of phenols is 1. The van der Waals surface area contributed by atoms with Crippen molar-refractivity contribution in [2.24, 2.45) is 0 Å². The molecule has 2 amide bonds. The van der Waals surface area contributed by atoms with E-state index in [4.69, 9.17) is 12.2 Å². The van der Waals surface area contributed by atoms with Crippen LogP contribution in [0.1, 0.15) is 35.7 Å². The molecule has 0 saturated carbocycles. The van der Waals surface area contributed by atoms with Crippen LogP contribution in [0.4, 0.5) is 11.6 Å². The summed E-state index contributed by atoms with van der Waals surface area (Å²) < 4.78 is 0. The predicted octanol–water partition coefficient (Wildman–Crippen LogP) is 2.01. The summed E-state index contributed by atoms with van der Waals surface area (Å²) in [7, 11) is 0. The summed E-state index contributed by atoms with van der Waals surface area (Å²) >= 11 is 5.19. The number of likely N-dealkylation sites (tertiary alicyclic amines) is 1. The highest BCUT2D eigenvalue weighted by atomic mass is 32.1. The number of nitrogens with one attached hydrogen (secondary N) is 4. The van der Waals surface area contributed by atoms with E-state index in [1.165, 1.54) is 31.3 Å². The Morgan fingerprint density at radius 1 is 1.18 bits per heavy atom. The Bertz CT molecular complexity index is 1050. The van der Waals surface area contributed by atoms with Gasteiger partial charge in [-0.2, -0.15) is 0 Å². The molecule has 3 rings (SSSR count). The molecule has 0 atom stereocenters. The second-order valence-corrected chi connectivity index (χ2v) is 8.22. The number of phenolic OH excluding ortho intramolecular Hbond substituents is 1. The van der Waals surface area contributed by atoms with Crippen LogP contribution in [0.25, 0.3) is 0 Å². The number of hydrogen-bond donors (Lipinski definition) is 5. The Kier molecular flexibility index (Phi) is 8.88. The number of aryl methyl sites for hydroxylation is 1. The maximum absolute atomic E-state index is 12.6. The minimum Gasteiger partial charge on any atom is -0.508 e. The van der Waals surface area contributed by atoms with Gasteiger partial charge < -0.3 is 31.3 Å². The summed E-state index contributed by atoms with van der Waals surface area (Å²) in [6.07, 6.45) is 5.90. The zero-order valence-electron chi connectivity index (χ0n) is 19.1. The van der Waals surface area contributed by atoms with Crippen molar-refractivity contribution >= 4 is 40.8 Å². The molecule has 0 aliphatic carbocycles. The van der Waals surface area contributed by atoms with Gasteiger partial charge in [0.15, 0.2) is 5.11 Å².